The number of urea groups is 1. The largest absolute Gasteiger partial charge is 0.454 e. The van der Waals surface area contributed by atoms with Crippen LogP contribution in [0, 0.1) is 6.92 Å². The summed E-state index contributed by atoms with van der Waals surface area (Å²) in [6.07, 6.45) is 0. The average Bonchev–Trinajstić information content (AvgIpc) is 3.17. The van der Waals surface area contributed by atoms with E-state index < -0.39 is 0 Å². The first kappa shape index (κ1) is 18.5. The molecule has 1 saturated heterocycles. The number of nitrogens with one attached hydrogen (secondary N) is 1. The lowest BCUT2D eigenvalue weighted by Gasteiger charge is -2.36. The number of nitrogens with zero attached hydrogens (tertiary/aromatic N) is 2. The molecule has 6 heteroatoms. The van der Waals surface area contributed by atoms with Crippen molar-refractivity contribution in [3.05, 3.63) is 47.5 Å². The fraction of sp³-hybridized carbons (Fsp3) is 0.409. The molecule has 2 aliphatic rings. The summed E-state index contributed by atoms with van der Waals surface area (Å²) in [4.78, 5) is 17.0. The molecule has 1 fully saturated rings. The number of aryl methyl sites for hydroxylation is 1. The Bertz CT molecular complexity index is 873. The molecule has 6 nitrogen and oxygen atoms in total. The molecule has 0 unspecified atom stereocenters. The molecule has 0 atom stereocenters. The molecular weight excluding hydrogens is 354 g/mol. The molecule has 0 spiro atoms. The van der Waals surface area contributed by atoms with Crippen molar-refractivity contribution in [1.29, 1.82) is 0 Å². The van der Waals surface area contributed by atoms with Crippen LogP contribution in [0.3, 0.4) is 0 Å². The molecular formula is C22H27N3O3. The molecule has 2 aliphatic heterocycles. The lowest BCUT2D eigenvalue weighted by atomic mass is 9.98. The number of hydrogen-bond donors (Lipinski definition) is 1. The van der Waals surface area contributed by atoms with Crippen molar-refractivity contribution in [2.24, 2.45) is 0 Å². The first-order valence-corrected chi connectivity index (χ1v) is 9.83. The number of hydrogen-bond acceptors (Lipinski definition) is 4. The Kier molecular flexibility index (Phi) is 5.03. The number of ether oxygens (including phenoxy) is 2. The first-order chi connectivity index (χ1) is 13.5. The van der Waals surface area contributed by atoms with Crippen LogP contribution in [0.1, 0.15) is 30.9 Å². The highest BCUT2D eigenvalue weighted by molar-refractivity contribution is 5.91. The van der Waals surface area contributed by atoms with Gasteiger partial charge in [-0.1, -0.05) is 32.0 Å². The van der Waals surface area contributed by atoms with Gasteiger partial charge in [0.25, 0.3) is 0 Å². The number of anilines is 2. The van der Waals surface area contributed by atoms with Gasteiger partial charge in [-0.15, -0.1) is 0 Å². The Balaban J connectivity index is 1.40. The average molecular weight is 381 g/mol. The van der Waals surface area contributed by atoms with Gasteiger partial charge < -0.3 is 24.6 Å². The zero-order chi connectivity index (χ0) is 19.7. The molecule has 0 aromatic heterocycles. The highest BCUT2D eigenvalue weighted by atomic mass is 16.7. The number of carbonyl (C=O) groups is 1. The number of para-hydroxylation sites is 1. The van der Waals surface area contributed by atoms with E-state index in [1.165, 1.54) is 5.56 Å². The zero-order valence-electron chi connectivity index (χ0n) is 16.7. The second kappa shape index (κ2) is 7.62. The summed E-state index contributed by atoms with van der Waals surface area (Å²) >= 11 is 0. The molecule has 1 N–H and O–H groups in total. The fourth-order valence-corrected chi connectivity index (χ4v) is 3.78. The zero-order valence-corrected chi connectivity index (χ0v) is 16.7. The van der Waals surface area contributed by atoms with Crippen LogP contribution < -0.4 is 19.7 Å². The number of rotatable bonds is 3. The summed E-state index contributed by atoms with van der Waals surface area (Å²) in [5.41, 5.74) is 4.32. The van der Waals surface area contributed by atoms with Crippen LogP contribution >= 0.6 is 0 Å². The van der Waals surface area contributed by atoms with Crippen LogP contribution in [0.15, 0.2) is 36.4 Å². The van der Waals surface area contributed by atoms with Gasteiger partial charge in [0, 0.05) is 43.6 Å². The van der Waals surface area contributed by atoms with Gasteiger partial charge in [0.2, 0.25) is 6.79 Å². The molecule has 2 aromatic carbocycles. The SMILES string of the molecule is Cc1cccc(C(C)C)c1NC(=O)N1CCN(c2ccc3c(c2)OCO3)CC1. The van der Waals surface area contributed by atoms with Gasteiger partial charge in [-0.05, 0) is 36.1 Å². The van der Waals surface area contributed by atoms with Crippen molar-refractivity contribution in [2.45, 2.75) is 26.7 Å². The number of piperazine rings is 1. The second-order valence-electron chi connectivity index (χ2n) is 7.64. The molecule has 0 bridgehead atoms. The predicted octanol–water partition coefficient (Wildman–Crippen LogP) is 4.20. The van der Waals surface area contributed by atoms with E-state index in [-0.39, 0.29) is 12.8 Å². The topological polar surface area (TPSA) is 54.0 Å². The minimum absolute atomic E-state index is 0.0264. The Morgan fingerprint density at radius 2 is 1.79 bits per heavy atom. The van der Waals surface area contributed by atoms with Crippen molar-refractivity contribution in [2.75, 3.05) is 43.2 Å². The number of carbonyl (C=O) groups excluding carboxylic acids is 1. The lowest BCUT2D eigenvalue weighted by molar-refractivity contribution is 0.174. The van der Waals surface area contributed by atoms with Crippen molar-refractivity contribution in [1.82, 2.24) is 4.90 Å². The molecule has 0 radical (unpaired) electrons. The fourth-order valence-electron chi connectivity index (χ4n) is 3.78. The minimum atomic E-state index is -0.0264. The van der Waals surface area contributed by atoms with Crippen molar-refractivity contribution in [3.8, 4) is 11.5 Å². The summed E-state index contributed by atoms with van der Waals surface area (Å²) in [6.45, 7) is 9.56. The summed E-state index contributed by atoms with van der Waals surface area (Å²) < 4.78 is 10.9. The molecule has 28 heavy (non-hydrogen) atoms. The Hall–Kier alpha value is -2.89. The maximum Gasteiger partial charge on any atom is 0.321 e. The van der Waals surface area contributed by atoms with E-state index in [9.17, 15) is 4.79 Å². The summed E-state index contributed by atoms with van der Waals surface area (Å²) in [5.74, 6) is 1.94. The third-order valence-electron chi connectivity index (χ3n) is 5.45. The Morgan fingerprint density at radius 3 is 2.54 bits per heavy atom. The number of benzene rings is 2. The molecule has 0 aliphatic carbocycles. The van der Waals surface area contributed by atoms with E-state index in [0.29, 0.717) is 19.0 Å². The van der Waals surface area contributed by atoms with Crippen molar-refractivity contribution in [3.63, 3.8) is 0 Å². The van der Waals surface area contributed by atoms with Gasteiger partial charge in [-0.2, -0.15) is 0 Å². The highest BCUT2D eigenvalue weighted by Gasteiger charge is 2.24. The summed E-state index contributed by atoms with van der Waals surface area (Å²) in [7, 11) is 0. The summed E-state index contributed by atoms with van der Waals surface area (Å²) in [5, 5.41) is 3.15. The lowest BCUT2D eigenvalue weighted by Crippen LogP contribution is -2.50. The van der Waals surface area contributed by atoms with E-state index in [2.05, 4.69) is 30.1 Å². The van der Waals surface area contributed by atoms with Crippen LogP contribution in [0.4, 0.5) is 16.2 Å². The molecule has 4 rings (SSSR count). The van der Waals surface area contributed by atoms with E-state index in [0.717, 1.165) is 41.5 Å². The van der Waals surface area contributed by atoms with Gasteiger partial charge in [0.05, 0.1) is 0 Å². The molecule has 2 aromatic rings. The first-order valence-electron chi connectivity index (χ1n) is 9.83. The molecule has 2 heterocycles. The van der Waals surface area contributed by atoms with E-state index in [1.54, 1.807) is 0 Å². The maximum atomic E-state index is 12.9. The third-order valence-corrected chi connectivity index (χ3v) is 5.45. The summed E-state index contributed by atoms with van der Waals surface area (Å²) in [6, 6.07) is 12.2. The number of amides is 2. The normalized spacial score (nSPS) is 15.9. The van der Waals surface area contributed by atoms with Gasteiger partial charge >= 0.3 is 6.03 Å². The second-order valence-corrected chi connectivity index (χ2v) is 7.64. The number of fused-ring (bicyclic) bond motifs is 1. The van der Waals surface area contributed by atoms with Crippen LogP contribution in [-0.4, -0.2) is 43.9 Å². The molecule has 0 saturated carbocycles. The van der Waals surface area contributed by atoms with Gasteiger partial charge in [0.1, 0.15) is 0 Å². The van der Waals surface area contributed by atoms with Crippen LogP contribution in [0.5, 0.6) is 11.5 Å². The quantitative estimate of drug-likeness (QED) is 0.866. The van der Waals surface area contributed by atoms with Gasteiger partial charge in [-0.3, -0.25) is 0 Å². The van der Waals surface area contributed by atoms with Crippen molar-refractivity contribution >= 4 is 17.4 Å². The molecule has 148 valence electrons. The van der Waals surface area contributed by atoms with Crippen LogP contribution in [0.25, 0.3) is 0 Å². The minimum Gasteiger partial charge on any atom is -0.454 e. The monoisotopic (exact) mass is 381 g/mol. The smallest absolute Gasteiger partial charge is 0.321 e. The van der Waals surface area contributed by atoms with Gasteiger partial charge in [-0.25, -0.2) is 4.79 Å². The maximum absolute atomic E-state index is 12.9. The van der Waals surface area contributed by atoms with E-state index in [4.69, 9.17) is 9.47 Å². The third kappa shape index (κ3) is 3.59. The van der Waals surface area contributed by atoms with Crippen molar-refractivity contribution < 1.29 is 14.3 Å². The van der Waals surface area contributed by atoms with E-state index >= 15 is 0 Å². The van der Waals surface area contributed by atoms with Crippen LogP contribution in [-0.2, 0) is 0 Å². The van der Waals surface area contributed by atoms with Gasteiger partial charge in [0.15, 0.2) is 11.5 Å². The predicted molar refractivity (Wildman–Crippen MR) is 111 cm³/mol. The van der Waals surface area contributed by atoms with E-state index in [1.807, 2.05) is 42.2 Å². The Morgan fingerprint density at radius 1 is 1.04 bits per heavy atom. The Labute approximate surface area is 166 Å². The standard InChI is InChI=1S/C22H27N3O3/c1-15(2)18-6-4-5-16(3)21(18)23-22(26)25-11-9-24(10-12-25)17-7-8-19-20(13-17)28-14-27-19/h4-8,13,15H,9-12,14H2,1-3H3,(H,23,26). The van der Waals surface area contributed by atoms with Crippen LogP contribution in [0.2, 0.25) is 0 Å². The molecule has 2 amide bonds. The highest BCUT2D eigenvalue weighted by Crippen LogP contribution is 2.35.